The monoisotopic (exact) mass is 393 g/mol. The van der Waals surface area contributed by atoms with Crippen LogP contribution in [-0.4, -0.2) is 32.7 Å². The van der Waals surface area contributed by atoms with Crippen molar-refractivity contribution in [2.45, 2.75) is 52.1 Å². The number of aromatic nitrogens is 3. The van der Waals surface area contributed by atoms with Crippen LogP contribution < -0.4 is 0 Å². The van der Waals surface area contributed by atoms with Crippen molar-refractivity contribution in [2.24, 2.45) is 7.05 Å². The molecule has 1 N–H and O–H groups in total. The van der Waals surface area contributed by atoms with Crippen molar-refractivity contribution in [1.82, 2.24) is 15.0 Å². The molecule has 3 aromatic rings. The normalized spacial score (nSPS) is 14.2. The highest BCUT2D eigenvalue weighted by Crippen LogP contribution is 2.37. The highest BCUT2D eigenvalue weighted by molar-refractivity contribution is 5.80. The van der Waals surface area contributed by atoms with Gasteiger partial charge < -0.3 is 9.84 Å². The molecule has 1 atom stereocenters. The van der Waals surface area contributed by atoms with E-state index in [1.807, 2.05) is 27.0 Å². The van der Waals surface area contributed by atoms with Gasteiger partial charge in [0, 0.05) is 13.0 Å². The van der Waals surface area contributed by atoms with Gasteiger partial charge in [0.2, 0.25) is 0 Å². The zero-order chi connectivity index (χ0) is 20.5. The number of benzene rings is 2. The molecule has 1 aromatic heterocycles. The number of aliphatic hydroxyl groups is 1. The molecule has 0 radical (unpaired) electrons. The van der Waals surface area contributed by atoms with Crippen LogP contribution in [0.25, 0.3) is 11.0 Å². The molecular weight excluding hydrogens is 366 g/mol. The highest BCUT2D eigenvalue weighted by atomic mass is 16.5. The van der Waals surface area contributed by atoms with Crippen LogP contribution in [0.1, 0.15) is 59.1 Å². The van der Waals surface area contributed by atoms with Gasteiger partial charge in [-0.1, -0.05) is 23.4 Å². The molecule has 1 aliphatic rings. The van der Waals surface area contributed by atoms with Crippen LogP contribution >= 0.6 is 0 Å². The Morgan fingerprint density at radius 2 is 2.14 bits per heavy atom. The number of nitrogens with zero attached hydrogens (tertiary/aromatic N) is 3. The Labute approximate surface area is 170 Å². The number of hydrogen-bond donors (Lipinski definition) is 1. The smallest absolute Gasteiger partial charge is 0.306 e. The van der Waals surface area contributed by atoms with Gasteiger partial charge in [0.1, 0.15) is 5.52 Å². The maximum Gasteiger partial charge on any atom is 0.306 e. The molecule has 2 aromatic carbocycles. The van der Waals surface area contributed by atoms with Crippen LogP contribution in [0.4, 0.5) is 0 Å². The Bertz CT molecular complexity index is 1070. The summed E-state index contributed by atoms with van der Waals surface area (Å²) in [6.07, 6.45) is 3.39. The summed E-state index contributed by atoms with van der Waals surface area (Å²) < 4.78 is 7.03. The van der Waals surface area contributed by atoms with E-state index in [0.717, 1.165) is 52.5 Å². The fourth-order valence-electron chi connectivity index (χ4n) is 4.59. The minimum atomic E-state index is -0.220. The molecule has 6 nitrogen and oxygen atoms in total. The molecular formula is C23H27N3O3. The molecule has 29 heavy (non-hydrogen) atoms. The van der Waals surface area contributed by atoms with Crippen molar-refractivity contribution in [3.8, 4) is 0 Å². The van der Waals surface area contributed by atoms with E-state index in [9.17, 15) is 9.90 Å². The predicted molar refractivity (Wildman–Crippen MR) is 111 cm³/mol. The summed E-state index contributed by atoms with van der Waals surface area (Å²) in [6.45, 7) is 4.23. The van der Waals surface area contributed by atoms with Crippen molar-refractivity contribution in [2.75, 3.05) is 6.61 Å². The zero-order valence-corrected chi connectivity index (χ0v) is 17.2. The summed E-state index contributed by atoms with van der Waals surface area (Å²) >= 11 is 0. The van der Waals surface area contributed by atoms with E-state index in [2.05, 4.69) is 28.5 Å². The summed E-state index contributed by atoms with van der Waals surface area (Å²) in [5.74, 6) is -0.376. The second-order valence-corrected chi connectivity index (χ2v) is 7.75. The lowest BCUT2D eigenvalue weighted by atomic mass is 9.83. The van der Waals surface area contributed by atoms with Gasteiger partial charge in [-0.3, -0.25) is 4.79 Å². The number of carbonyl (C=O) groups excluding carboxylic acids is 1. The molecule has 0 spiro atoms. The molecule has 0 unspecified atom stereocenters. The predicted octanol–water partition coefficient (Wildman–Crippen LogP) is 3.34. The first-order chi connectivity index (χ1) is 14.0. The first-order valence-electron chi connectivity index (χ1n) is 10.2. The van der Waals surface area contributed by atoms with E-state index in [-0.39, 0.29) is 24.9 Å². The van der Waals surface area contributed by atoms with Crippen LogP contribution in [-0.2, 0) is 36.0 Å². The minimum absolute atomic E-state index is 0.0183. The summed E-state index contributed by atoms with van der Waals surface area (Å²) in [7, 11) is 1.87. The Hall–Kier alpha value is -2.73. The van der Waals surface area contributed by atoms with E-state index in [1.165, 1.54) is 11.1 Å². The fraction of sp³-hybridized carbons (Fsp3) is 0.435. The van der Waals surface area contributed by atoms with E-state index < -0.39 is 0 Å². The number of rotatable bonds is 6. The Balaban J connectivity index is 1.85. The quantitative estimate of drug-likeness (QED) is 0.650. The van der Waals surface area contributed by atoms with Gasteiger partial charge in [0.25, 0.3) is 0 Å². The summed E-state index contributed by atoms with van der Waals surface area (Å²) in [5, 5.41) is 18.4. The lowest BCUT2D eigenvalue weighted by molar-refractivity contribution is -0.143. The SMILES string of the molecule is CCOC(=O)C[C@@H](c1cc(CO)c2c(c1)CCC2)c1ccc2c(nnn2C)c1C. The Morgan fingerprint density at radius 3 is 2.90 bits per heavy atom. The average Bonchev–Trinajstić information content (AvgIpc) is 3.33. The number of aliphatic hydroxyl groups excluding tert-OH is 1. The molecule has 6 heteroatoms. The minimum Gasteiger partial charge on any atom is -0.466 e. The van der Waals surface area contributed by atoms with Gasteiger partial charge in [-0.25, -0.2) is 4.68 Å². The number of hydrogen-bond acceptors (Lipinski definition) is 5. The first kappa shape index (κ1) is 19.6. The van der Waals surface area contributed by atoms with Crippen LogP contribution in [0, 0.1) is 6.92 Å². The second-order valence-electron chi connectivity index (χ2n) is 7.75. The van der Waals surface area contributed by atoms with Crippen molar-refractivity contribution in [3.05, 3.63) is 57.6 Å². The van der Waals surface area contributed by atoms with Crippen LogP contribution in [0.2, 0.25) is 0 Å². The molecule has 0 fully saturated rings. The Morgan fingerprint density at radius 1 is 1.31 bits per heavy atom. The maximum atomic E-state index is 12.5. The van der Waals surface area contributed by atoms with Gasteiger partial charge in [-0.05, 0) is 72.6 Å². The molecule has 0 saturated carbocycles. The molecule has 152 valence electrons. The van der Waals surface area contributed by atoms with Gasteiger partial charge in [0.05, 0.1) is 25.2 Å². The first-order valence-corrected chi connectivity index (χ1v) is 10.2. The molecule has 0 saturated heterocycles. The summed E-state index contributed by atoms with van der Waals surface area (Å²) in [5.41, 5.74) is 8.47. The number of carbonyl (C=O) groups is 1. The van der Waals surface area contributed by atoms with Crippen LogP contribution in [0.15, 0.2) is 24.3 Å². The van der Waals surface area contributed by atoms with Gasteiger partial charge >= 0.3 is 5.97 Å². The highest BCUT2D eigenvalue weighted by Gasteiger charge is 2.25. The molecule has 1 aliphatic carbocycles. The van der Waals surface area contributed by atoms with Crippen LogP contribution in [0.3, 0.4) is 0 Å². The van der Waals surface area contributed by atoms with Crippen molar-refractivity contribution in [1.29, 1.82) is 0 Å². The van der Waals surface area contributed by atoms with E-state index in [0.29, 0.717) is 6.61 Å². The number of fused-ring (bicyclic) bond motifs is 2. The zero-order valence-electron chi connectivity index (χ0n) is 17.2. The third kappa shape index (κ3) is 3.53. The van der Waals surface area contributed by atoms with E-state index in [1.54, 1.807) is 4.68 Å². The number of ether oxygens (including phenoxy) is 1. The van der Waals surface area contributed by atoms with Crippen molar-refractivity contribution < 1.29 is 14.6 Å². The number of esters is 1. The van der Waals surface area contributed by atoms with E-state index in [4.69, 9.17) is 4.74 Å². The fourth-order valence-corrected chi connectivity index (χ4v) is 4.59. The second kappa shape index (κ2) is 7.95. The standard InChI is InChI=1S/C23H27N3O3/c1-4-29-22(28)12-20(16-10-15-6-5-7-19(15)17(11-16)13-27)18-8-9-21-23(14(18)2)24-25-26(21)3/h8-11,20,27H,4-7,12-13H2,1-3H3/t20-/m0/s1. The molecule has 0 bridgehead atoms. The molecule has 4 rings (SSSR count). The third-order valence-electron chi connectivity index (χ3n) is 6.03. The number of aryl methyl sites for hydroxylation is 3. The lowest BCUT2D eigenvalue weighted by Gasteiger charge is -2.22. The lowest BCUT2D eigenvalue weighted by Crippen LogP contribution is -2.14. The largest absolute Gasteiger partial charge is 0.466 e. The summed E-state index contributed by atoms with van der Waals surface area (Å²) in [6, 6.07) is 8.35. The van der Waals surface area contributed by atoms with Gasteiger partial charge in [-0.2, -0.15) is 0 Å². The van der Waals surface area contributed by atoms with Crippen LogP contribution in [0.5, 0.6) is 0 Å². The topological polar surface area (TPSA) is 77.2 Å². The Kier molecular flexibility index (Phi) is 5.37. The van der Waals surface area contributed by atoms with Crippen molar-refractivity contribution in [3.63, 3.8) is 0 Å². The third-order valence-corrected chi connectivity index (χ3v) is 6.03. The molecule has 0 aliphatic heterocycles. The van der Waals surface area contributed by atoms with Gasteiger partial charge in [0.15, 0.2) is 0 Å². The van der Waals surface area contributed by atoms with Gasteiger partial charge in [-0.15, -0.1) is 5.10 Å². The van der Waals surface area contributed by atoms with E-state index >= 15 is 0 Å². The molecule has 0 amide bonds. The average molecular weight is 393 g/mol. The molecule has 1 heterocycles. The maximum absolute atomic E-state index is 12.5. The summed E-state index contributed by atoms with van der Waals surface area (Å²) in [4.78, 5) is 12.5. The van der Waals surface area contributed by atoms with Crippen molar-refractivity contribution >= 4 is 17.0 Å².